The lowest BCUT2D eigenvalue weighted by Crippen LogP contribution is -2.47. The second kappa shape index (κ2) is 7.35. The van der Waals surface area contributed by atoms with Gasteiger partial charge in [-0.1, -0.05) is 43.2 Å². The zero-order valence-corrected chi connectivity index (χ0v) is 13.2. The largest absolute Gasteiger partial charge is 0.468 e. The summed E-state index contributed by atoms with van der Waals surface area (Å²) in [6.07, 6.45) is 2.78. The molecule has 0 N–H and O–H groups in total. The number of hydrogen-bond donors (Lipinski definition) is 0. The Labute approximate surface area is 135 Å². The van der Waals surface area contributed by atoms with Crippen LogP contribution in [-0.2, 0) is 14.3 Å². The van der Waals surface area contributed by atoms with Gasteiger partial charge >= 0.3 is 5.97 Å². The van der Waals surface area contributed by atoms with Crippen molar-refractivity contribution in [2.24, 2.45) is 5.41 Å². The fraction of sp³-hybridized carbons (Fsp3) is 0.529. The molecule has 124 valence electrons. The zero-order valence-electron chi connectivity index (χ0n) is 13.2. The first-order valence-corrected chi connectivity index (χ1v) is 7.81. The Balaban J connectivity index is 2.58. The summed E-state index contributed by atoms with van der Waals surface area (Å²) in [5.41, 5.74) is -0.829. The Kier molecular flexibility index (Phi) is 5.47. The number of methoxy groups -OCH3 is 1. The third-order valence-electron chi connectivity index (χ3n) is 4.65. The maximum absolute atomic E-state index is 12.8. The lowest BCUT2D eigenvalue weighted by molar-refractivity contribution is -0.485. The molecule has 23 heavy (non-hydrogen) atoms. The van der Waals surface area contributed by atoms with Crippen molar-refractivity contribution in [2.75, 3.05) is 13.7 Å². The Hall–Kier alpha value is -2.24. The summed E-state index contributed by atoms with van der Waals surface area (Å²) < 4.78 is 4.92. The Bertz CT molecular complexity index is 586. The molecular weight excluding hydrogens is 298 g/mol. The molecule has 0 unspecified atom stereocenters. The molecule has 0 bridgehead atoms. The third-order valence-corrected chi connectivity index (χ3v) is 4.65. The van der Waals surface area contributed by atoms with E-state index in [1.54, 1.807) is 30.3 Å². The molecule has 1 aromatic carbocycles. The van der Waals surface area contributed by atoms with Crippen LogP contribution in [0.2, 0.25) is 0 Å². The van der Waals surface area contributed by atoms with Crippen LogP contribution in [0.3, 0.4) is 0 Å². The number of hydrogen-bond acceptors (Lipinski definition) is 5. The van der Waals surface area contributed by atoms with Crippen LogP contribution in [0, 0.1) is 15.5 Å². The number of carbonyl (C=O) groups is 2. The molecule has 1 aliphatic rings. The monoisotopic (exact) mass is 319 g/mol. The second-order valence-corrected chi connectivity index (χ2v) is 5.93. The van der Waals surface area contributed by atoms with Crippen LogP contribution < -0.4 is 0 Å². The smallest absolute Gasteiger partial charge is 0.320 e. The predicted octanol–water partition coefficient (Wildman–Crippen LogP) is 2.74. The van der Waals surface area contributed by atoms with E-state index >= 15 is 0 Å². The van der Waals surface area contributed by atoms with Crippen LogP contribution in [0.5, 0.6) is 0 Å². The van der Waals surface area contributed by atoms with Crippen molar-refractivity contribution in [3.05, 3.63) is 46.0 Å². The van der Waals surface area contributed by atoms with Gasteiger partial charge in [-0.15, -0.1) is 0 Å². The first-order chi connectivity index (χ1) is 11.0. The van der Waals surface area contributed by atoms with Gasteiger partial charge in [0.25, 0.3) is 0 Å². The number of benzene rings is 1. The molecule has 0 radical (unpaired) electrons. The van der Waals surface area contributed by atoms with E-state index in [9.17, 15) is 19.7 Å². The number of esters is 1. The highest BCUT2D eigenvalue weighted by Gasteiger charge is 2.54. The molecule has 0 spiro atoms. The molecule has 1 aliphatic carbocycles. The van der Waals surface area contributed by atoms with Gasteiger partial charge in [0.1, 0.15) is 5.41 Å². The summed E-state index contributed by atoms with van der Waals surface area (Å²) in [7, 11) is 1.23. The molecule has 2 rings (SSSR count). The van der Waals surface area contributed by atoms with Crippen LogP contribution in [0.25, 0.3) is 0 Å². The molecule has 0 heterocycles. The Morgan fingerprint density at radius 2 is 2.00 bits per heavy atom. The normalized spacial score (nSPS) is 22.9. The van der Waals surface area contributed by atoms with Gasteiger partial charge in [0.05, 0.1) is 13.0 Å². The highest BCUT2D eigenvalue weighted by atomic mass is 16.6. The van der Waals surface area contributed by atoms with Gasteiger partial charge in [-0.2, -0.15) is 0 Å². The number of nitrogens with zero attached hydrogens (tertiary/aromatic N) is 1. The van der Waals surface area contributed by atoms with Crippen molar-refractivity contribution in [2.45, 2.75) is 38.0 Å². The van der Waals surface area contributed by atoms with E-state index < -0.39 is 28.8 Å². The molecule has 2 atom stereocenters. The maximum Gasteiger partial charge on any atom is 0.320 e. The number of rotatable bonds is 5. The van der Waals surface area contributed by atoms with Gasteiger partial charge in [-0.25, -0.2) is 0 Å². The van der Waals surface area contributed by atoms with Crippen molar-refractivity contribution < 1.29 is 19.2 Å². The lowest BCUT2D eigenvalue weighted by Gasteiger charge is -2.34. The van der Waals surface area contributed by atoms with Crippen molar-refractivity contribution in [3.63, 3.8) is 0 Å². The fourth-order valence-electron chi connectivity index (χ4n) is 3.52. The molecule has 1 aromatic rings. The third kappa shape index (κ3) is 3.41. The van der Waals surface area contributed by atoms with Gasteiger partial charge in [0, 0.05) is 11.3 Å². The molecule has 6 nitrogen and oxygen atoms in total. The molecule has 0 saturated heterocycles. The zero-order chi connectivity index (χ0) is 16.9. The summed E-state index contributed by atoms with van der Waals surface area (Å²) in [5.74, 6) is -1.70. The highest BCUT2D eigenvalue weighted by Crippen LogP contribution is 2.45. The average molecular weight is 319 g/mol. The van der Waals surface area contributed by atoms with Crippen LogP contribution in [0.15, 0.2) is 30.3 Å². The quantitative estimate of drug-likeness (QED) is 0.274. The van der Waals surface area contributed by atoms with E-state index in [4.69, 9.17) is 4.74 Å². The number of carbonyl (C=O) groups excluding carboxylic acids is 2. The molecule has 0 aliphatic heterocycles. The van der Waals surface area contributed by atoms with Crippen molar-refractivity contribution in [3.8, 4) is 0 Å². The van der Waals surface area contributed by atoms with Gasteiger partial charge in [-0.3, -0.25) is 19.7 Å². The van der Waals surface area contributed by atoms with E-state index in [1.807, 2.05) is 0 Å². The fourth-order valence-corrected chi connectivity index (χ4v) is 3.52. The van der Waals surface area contributed by atoms with Gasteiger partial charge in [0.15, 0.2) is 5.78 Å². The number of Topliss-reactive ketones (excluding diaryl/α,β-unsaturated/α-hetero) is 1. The number of nitro groups is 1. The lowest BCUT2D eigenvalue weighted by atomic mass is 9.66. The number of ether oxygens (including phenoxy) is 1. The molecule has 0 amide bonds. The van der Waals surface area contributed by atoms with Gasteiger partial charge in [0.2, 0.25) is 6.54 Å². The minimum absolute atomic E-state index is 0.238. The standard InChI is InChI=1S/C17H21NO5/c1-23-16(20)17(11-7-3-6-10-15(17)19)14(12-18(21)22)13-8-4-2-5-9-13/h2,4-5,8-9,14H,3,6-7,10-12H2,1H3/t14-,17-/m1/s1. The first kappa shape index (κ1) is 17.1. The SMILES string of the molecule is COC(=O)[C@@]1([C@H](C[N+](=O)[O-])c2ccccc2)CCCCCC1=O. The first-order valence-electron chi connectivity index (χ1n) is 7.81. The highest BCUT2D eigenvalue weighted by molar-refractivity contribution is 6.05. The van der Waals surface area contributed by atoms with E-state index in [2.05, 4.69) is 0 Å². The van der Waals surface area contributed by atoms with Crippen LogP contribution in [0.1, 0.15) is 43.6 Å². The molecule has 0 aromatic heterocycles. The maximum atomic E-state index is 12.8. The van der Waals surface area contributed by atoms with Crippen LogP contribution in [-0.4, -0.2) is 30.3 Å². The Morgan fingerprint density at radius 3 is 2.61 bits per heavy atom. The summed E-state index contributed by atoms with van der Waals surface area (Å²) in [6.45, 7) is -0.467. The second-order valence-electron chi connectivity index (χ2n) is 5.93. The summed E-state index contributed by atoms with van der Waals surface area (Å²) in [6, 6.07) is 8.78. The van der Waals surface area contributed by atoms with Gasteiger partial charge in [-0.05, 0) is 18.4 Å². The van der Waals surface area contributed by atoms with E-state index in [-0.39, 0.29) is 12.2 Å². The average Bonchev–Trinajstić information content (AvgIpc) is 2.75. The summed E-state index contributed by atoms with van der Waals surface area (Å²) >= 11 is 0. The minimum Gasteiger partial charge on any atom is -0.468 e. The summed E-state index contributed by atoms with van der Waals surface area (Å²) in [5, 5.41) is 11.2. The summed E-state index contributed by atoms with van der Waals surface area (Å²) in [4.78, 5) is 36.1. The minimum atomic E-state index is -1.46. The van der Waals surface area contributed by atoms with E-state index in [1.165, 1.54) is 7.11 Å². The van der Waals surface area contributed by atoms with E-state index in [0.29, 0.717) is 24.8 Å². The molecule has 1 fully saturated rings. The molecule has 1 saturated carbocycles. The Morgan fingerprint density at radius 1 is 1.30 bits per heavy atom. The van der Waals surface area contributed by atoms with Gasteiger partial charge < -0.3 is 4.74 Å². The molecule has 6 heteroatoms. The van der Waals surface area contributed by atoms with Crippen LogP contribution >= 0.6 is 0 Å². The topological polar surface area (TPSA) is 86.5 Å². The van der Waals surface area contributed by atoms with Crippen molar-refractivity contribution >= 4 is 11.8 Å². The predicted molar refractivity (Wildman–Crippen MR) is 83.6 cm³/mol. The molecular formula is C17H21NO5. The van der Waals surface area contributed by atoms with Crippen molar-refractivity contribution in [1.29, 1.82) is 0 Å². The van der Waals surface area contributed by atoms with Crippen molar-refractivity contribution in [1.82, 2.24) is 0 Å². The van der Waals surface area contributed by atoms with Crippen LogP contribution in [0.4, 0.5) is 0 Å². The number of ketones is 1. The van der Waals surface area contributed by atoms with E-state index in [0.717, 1.165) is 6.42 Å².